The molecule has 20 heavy (non-hydrogen) atoms. The third-order valence-electron chi connectivity index (χ3n) is 2.58. The van der Waals surface area contributed by atoms with Gasteiger partial charge in [-0.2, -0.15) is 4.31 Å². The van der Waals surface area contributed by atoms with Gasteiger partial charge in [0, 0.05) is 19.3 Å². The van der Waals surface area contributed by atoms with Crippen LogP contribution in [0.4, 0.5) is 5.69 Å². The average molecular weight is 320 g/mol. The van der Waals surface area contributed by atoms with Crippen molar-refractivity contribution in [1.82, 2.24) is 9.62 Å². The quantitative estimate of drug-likeness (QED) is 0.767. The Morgan fingerprint density at radius 2 is 2.10 bits per heavy atom. The standard InChI is InChI=1S/C12H18ClN3O3S/c1-3-6-15-12(17)8-16(2)20(18,19)11-5-4-9(14)7-10(11)13/h4-5,7H,3,6,8,14H2,1-2H3,(H,15,17). The van der Waals surface area contributed by atoms with Crippen molar-refractivity contribution < 1.29 is 13.2 Å². The summed E-state index contributed by atoms with van der Waals surface area (Å²) in [6.45, 7) is 2.16. The Balaban J connectivity index is 2.90. The highest BCUT2D eigenvalue weighted by Crippen LogP contribution is 2.25. The van der Waals surface area contributed by atoms with E-state index in [-0.39, 0.29) is 22.4 Å². The number of carbonyl (C=O) groups is 1. The van der Waals surface area contributed by atoms with Gasteiger partial charge in [-0.15, -0.1) is 0 Å². The maximum atomic E-state index is 12.3. The van der Waals surface area contributed by atoms with Gasteiger partial charge in [-0.05, 0) is 24.6 Å². The summed E-state index contributed by atoms with van der Waals surface area (Å²) in [7, 11) is -2.49. The lowest BCUT2D eigenvalue weighted by molar-refractivity contribution is -0.121. The number of rotatable bonds is 6. The monoisotopic (exact) mass is 319 g/mol. The molecule has 112 valence electrons. The summed E-state index contributed by atoms with van der Waals surface area (Å²) in [5.74, 6) is -0.357. The highest BCUT2D eigenvalue weighted by Gasteiger charge is 2.25. The van der Waals surface area contributed by atoms with Crippen molar-refractivity contribution in [3.8, 4) is 0 Å². The molecular formula is C12H18ClN3O3S. The Labute approximate surface area is 123 Å². The van der Waals surface area contributed by atoms with E-state index in [1.165, 1.54) is 25.2 Å². The second kappa shape index (κ2) is 6.92. The molecule has 0 aliphatic carbocycles. The van der Waals surface area contributed by atoms with Crippen LogP contribution in [0.3, 0.4) is 0 Å². The molecule has 0 aromatic heterocycles. The number of benzene rings is 1. The Kier molecular flexibility index (Phi) is 5.79. The number of nitrogen functional groups attached to an aromatic ring is 1. The highest BCUT2D eigenvalue weighted by atomic mass is 35.5. The summed E-state index contributed by atoms with van der Waals surface area (Å²) < 4.78 is 25.5. The second-order valence-corrected chi connectivity index (χ2v) is 6.72. The minimum atomic E-state index is -3.82. The van der Waals surface area contributed by atoms with Crippen LogP contribution in [0.5, 0.6) is 0 Å². The van der Waals surface area contributed by atoms with Crippen LogP contribution < -0.4 is 11.1 Å². The van der Waals surface area contributed by atoms with E-state index in [1.807, 2.05) is 6.92 Å². The van der Waals surface area contributed by atoms with E-state index < -0.39 is 10.0 Å². The van der Waals surface area contributed by atoms with E-state index in [4.69, 9.17) is 17.3 Å². The predicted octanol–water partition coefficient (Wildman–Crippen LogP) is 1.07. The molecule has 0 saturated carbocycles. The van der Waals surface area contributed by atoms with Crippen LogP contribution in [0, 0.1) is 0 Å². The third kappa shape index (κ3) is 4.09. The van der Waals surface area contributed by atoms with Crippen LogP contribution in [-0.2, 0) is 14.8 Å². The van der Waals surface area contributed by atoms with E-state index in [2.05, 4.69) is 5.32 Å². The lowest BCUT2D eigenvalue weighted by atomic mass is 10.3. The summed E-state index contributed by atoms with van der Waals surface area (Å²) in [4.78, 5) is 11.5. The van der Waals surface area contributed by atoms with Gasteiger partial charge in [-0.1, -0.05) is 18.5 Å². The molecule has 1 aromatic rings. The zero-order valence-corrected chi connectivity index (χ0v) is 13.0. The van der Waals surface area contributed by atoms with Crippen molar-refractivity contribution >= 4 is 33.2 Å². The van der Waals surface area contributed by atoms with Gasteiger partial charge in [0.15, 0.2) is 0 Å². The zero-order valence-electron chi connectivity index (χ0n) is 11.4. The number of amides is 1. The number of nitrogens with two attached hydrogens (primary N) is 1. The first-order chi connectivity index (χ1) is 9.28. The summed E-state index contributed by atoms with van der Waals surface area (Å²) in [5.41, 5.74) is 5.90. The van der Waals surface area contributed by atoms with Crippen molar-refractivity contribution in [2.24, 2.45) is 0 Å². The lowest BCUT2D eigenvalue weighted by Crippen LogP contribution is -2.38. The molecule has 0 unspecified atom stereocenters. The molecule has 1 amide bonds. The molecule has 8 heteroatoms. The molecule has 3 N–H and O–H groups in total. The maximum Gasteiger partial charge on any atom is 0.244 e. The number of hydrogen-bond acceptors (Lipinski definition) is 4. The van der Waals surface area contributed by atoms with Gasteiger partial charge in [0.2, 0.25) is 15.9 Å². The fraction of sp³-hybridized carbons (Fsp3) is 0.417. The summed E-state index contributed by atoms with van der Waals surface area (Å²) >= 11 is 5.89. The number of sulfonamides is 1. The number of carbonyl (C=O) groups excluding carboxylic acids is 1. The molecule has 0 atom stereocenters. The lowest BCUT2D eigenvalue weighted by Gasteiger charge is -2.17. The van der Waals surface area contributed by atoms with Crippen LogP contribution in [0.15, 0.2) is 23.1 Å². The van der Waals surface area contributed by atoms with Crippen molar-refractivity contribution in [2.75, 3.05) is 25.9 Å². The Bertz CT molecular complexity index is 590. The van der Waals surface area contributed by atoms with Gasteiger partial charge in [-0.3, -0.25) is 4.79 Å². The van der Waals surface area contributed by atoms with E-state index in [0.29, 0.717) is 12.2 Å². The van der Waals surface area contributed by atoms with Gasteiger partial charge in [-0.25, -0.2) is 8.42 Å². The van der Waals surface area contributed by atoms with Crippen LogP contribution in [0.1, 0.15) is 13.3 Å². The molecule has 0 spiro atoms. The molecule has 6 nitrogen and oxygen atoms in total. The van der Waals surface area contributed by atoms with Gasteiger partial charge < -0.3 is 11.1 Å². The minimum Gasteiger partial charge on any atom is -0.399 e. The van der Waals surface area contributed by atoms with Crippen molar-refractivity contribution in [2.45, 2.75) is 18.2 Å². The summed E-state index contributed by atoms with van der Waals surface area (Å²) in [6.07, 6.45) is 0.784. The third-order valence-corrected chi connectivity index (χ3v) is 4.87. The number of nitrogens with one attached hydrogen (secondary N) is 1. The molecule has 0 fully saturated rings. The molecule has 0 radical (unpaired) electrons. The van der Waals surface area contributed by atoms with Crippen molar-refractivity contribution in [3.05, 3.63) is 23.2 Å². The first-order valence-electron chi connectivity index (χ1n) is 6.07. The molecule has 0 aliphatic heterocycles. The smallest absolute Gasteiger partial charge is 0.244 e. The second-order valence-electron chi connectivity index (χ2n) is 4.30. The largest absolute Gasteiger partial charge is 0.399 e. The molecule has 0 bridgehead atoms. The Morgan fingerprint density at radius 3 is 2.65 bits per heavy atom. The number of hydrogen-bond donors (Lipinski definition) is 2. The highest BCUT2D eigenvalue weighted by molar-refractivity contribution is 7.89. The molecule has 0 aliphatic rings. The fourth-order valence-electron chi connectivity index (χ4n) is 1.50. The minimum absolute atomic E-state index is 0.0332. The molecule has 0 heterocycles. The average Bonchev–Trinajstić information content (AvgIpc) is 2.35. The van der Waals surface area contributed by atoms with E-state index in [9.17, 15) is 13.2 Å². The Morgan fingerprint density at radius 1 is 1.45 bits per heavy atom. The van der Waals surface area contributed by atoms with Gasteiger partial charge >= 0.3 is 0 Å². The topological polar surface area (TPSA) is 92.5 Å². The number of nitrogens with zero attached hydrogens (tertiary/aromatic N) is 1. The van der Waals surface area contributed by atoms with Gasteiger partial charge in [0.25, 0.3) is 0 Å². The van der Waals surface area contributed by atoms with Crippen molar-refractivity contribution in [1.29, 1.82) is 0 Å². The van der Waals surface area contributed by atoms with Crippen LogP contribution in [0.25, 0.3) is 0 Å². The number of halogens is 1. The summed E-state index contributed by atoms with van der Waals surface area (Å²) in [6, 6.07) is 4.14. The Hall–Kier alpha value is -1.31. The molecule has 0 saturated heterocycles. The fourth-order valence-corrected chi connectivity index (χ4v) is 3.15. The van der Waals surface area contributed by atoms with E-state index in [1.54, 1.807) is 0 Å². The van der Waals surface area contributed by atoms with E-state index in [0.717, 1.165) is 10.7 Å². The predicted molar refractivity (Wildman–Crippen MR) is 79.0 cm³/mol. The van der Waals surface area contributed by atoms with Crippen LogP contribution in [-0.4, -0.2) is 38.8 Å². The number of anilines is 1. The molecular weight excluding hydrogens is 302 g/mol. The van der Waals surface area contributed by atoms with Gasteiger partial charge in [0.1, 0.15) is 4.90 Å². The maximum absolute atomic E-state index is 12.3. The molecule has 1 rings (SSSR count). The van der Waals surface area contributed by atoms with Crippen molar-refractivity contribution in [3.63, 3.8) is 0 Å². The SMILES string of the molecule is CCCNC(=O)CN(C)S(=O)(=O)c1ccc(N)cc1Cl. The normalized spacial score (nSPS) is 11.6. The number of likely N-dealkylation sites (N-methyl/N-ethyl adjacent to an activating group) is 1. The van der Waals surface area contributed by atoms with Crippen LogP contribution >= 0.6 is 11.6 Å². The van der Waals surface area contributed by atoms with Gasteiger partial charge in [0.05, 0.1) is 11.6 Å². The summed E-state index contributed by atoms with van der Waals surface area (Å²) in [5, 5.41) is 2.65. The first kappa shape index (κ1) is 16.7. The van der Waals surface area contributed by atoms with Crippen LogP contribution in [0.2, 0.25) is 5.02 Å². The zero-order chi connectivity index (χ0) is 15.3. The first-order valence-corrected chi connectivity index (χ1v) is 7.89. The molecule has 1 aromatic carbocycles. The van der Waals surface area contributed by atoms with E-state index >= 15 is 0 Å².